The number of halogens is 3. The molecular weight excluding hydrogens is 455 g/mol. The third-order valence-electron chi connectivity index (χ3n) is 6.48. The minimum atomic E-state index is -4.38. The molecule has 2 aromatic heterocycles. The number of hydrogen-bond donors (Lipinski definition) is 2. The number of alkyl halides is 3. The molecule has 3 aliphatic rings. The van der Waals surface area contributed by atoms with E-state index in [2.05, 4.69) is 38.7 Å². The van der Waals surface area contributed by atoms with Crippen molar-refractivity contribution in [2.75, 3.05) is 28.2 Å². The third kappa shape index (κ3) is 4.48. The number of allylic oxidation sites excluding steroid dienone is 1. The molecule has 0 spiro atoms. The average molecular weight is 482 g/mol. The molecule has 0 saturated carbocycles. The predicted octanol–water partition coefficient (Wildman–Crippen LogP) is 4.79. The van der Waals surface area contributed by atoms with Gasteiger partial charge in [-0.1, -0.05) is 13.2 Å². The van der Waals surface area contributed by atoms with Gasteiger partial charge in [-0.15, -0.1) is 0 Å². The van der Waals surface area contributed by atoms with Crippen molar-refractivity contribution in [2.24, 2.45) is 4.99 Å². The molecule has 1 unspecified atom stereocenters. The second-order valence-electron chi connectivity index (χ2n) is 8.88. The largest absolute Gasteiger partial charge is 0.408 e. The fourth-order valence-corrected chi connectivity index (χ4v) is 4.59. The number of rotatable bonds is 7. The topological polar surface area (TPSA) is 68.7 Å². The van der Waals surface area contributed by atoms with Crippen LogP contribution in [0.15, 0.2) is 60.6 Å². The van der Waals surface area contributed by atoms with Crippen LogP contribution in [0, 0.1) is 0 Å². The van der Waals surface area contributed by atoms with Gasteiger partial charge in [0.05, 0.1) is 23.1 Å². The maximum absolute atomic E-state index is 13.0. The van der Waals surface area contributed by atoms with E-state index in [-0.39, 0.29) is 11.7 Å². The summed E-state index contributed by atoms with van der Waals surface area (Å²) in [5.41, 5.74) is 3.53. The Bertz CT molecular complexity index is 1230. The number of pyridine rings is 2. The summed E-state index contributed by atoms with van der Waals surface area (Å²) in [7, 11) is 0. The van der Waals surface area contributed by atoms with E-state index in [0.717, 1.165) is 49.7 Å². The molecule has 5 rings (SSSR count). The molecule has 182 valence electrons. The van der Waals surface area contributed by atoms with Crippen LogP contribution in [0.25, 0.3) is 11.3 Å². The predicted molar refractivity (Wildman–Crippen MR) is 133 cm³/mol. The van der Waals surface area contributed by atoms with Crippen LogP contribution in [-0.4, -0.2) is 47.5 Å². The van der Waals surface area contributed by atoms with Gasteiger partial charge in [0, 0.05) is 38.1 Å². The molecule has 2 bridgehead atoms. The summed E-state index contributed by atoms with van der Waals surface area (Å²) < 4.78 is 39.1. The van der Waals surface area contributed by atoms with Gasteiger partial charge in [0.1, 0.15) is 17.7 Å². The van der Waals surface area contributed by atoms with E-state index in [0.29, 0.717) is 23.2 Å². The van der Waals surface area contributed by atoms with Gasteiger partial charge in [-0.3, -0.25) is 4.99 Å². The van der Waals surface area contributed by atoms with E-state index >= 15 is 0 Å². The van der Waals surface area contributed by atoms with Gasteiger partial charge in [-0.2, -0.15) is 13.2 Å². The Kier molecular flexibility index (Phi) is 5.74. The van der Waals surface area contributed by atoms with Crippen molar-refractivity contribution in [2.45, 2.75) is 38.0 Å². The second kappa shape index (κ2) is 8.75. The van der Waals surface area contributed by atoms with E-state index in [1.165, 1.54) is 0 Å². The van der Waals surface area contributed by atoms with Crippen LogP contribution >= 0.6 is 0 Å². The molecule has 3 aliphatic heterocycles. The Labute approximate surface area is 201 Å². The van der Waals surface area contributed by atoms with Crippen molar-refractivity contribution in [3.63, 3.8) is 0 Å². The molecular formula is C25H26F3N7. The van der Waals surface area contributed by atoms with Crippen molar-refractivity contribution >= 4 is 34.8 Å². The number of anilines is 3. The highest BCUT2D eigenvalue weighted by molar-refractivity contribution is 5.85. The maximum atomic E-state index is 13.0. The molecule has 10 heteroatoms. The fraction of sp³-hybridized carbons (Fsp3) is 0.320. The van der Waals surface area contributed by atoms with Gasteiger partial charge >= 0.3 is 6.18 Å². The van der Waals surface area contributed by atoms with Gasteiger partial charge in [0.2, 0.25) is 0 Å². The lowest BCUT2D eigenvalue weighted by Gasteiger charge is -2.38. The third-order valence-corrected chi connectivity index (χ3v) is 6.48. The summed E-state index contributed by atoms with van der Waals surface area (Å²) in [6.45, 7) is 10.8. The van der Waals surface area contributed by atoms with Crippen molar-refractivity contribution in [3.8, 4) is 0 Å². The average Bonchev–Trinajstić information content (AvgIpc) is 3.50. The van der Waals surface area contributed by atoms with Crippen molar-refractivity contribution in [3.05, 3.63) is 66.9 Å². The first kappa shape index (κ1) is 22.9. The maximum Gasteiger partial charge on any atom is 0.408 e. The SMILES string of the molecule is C=C(NC(C)C(F)(F)F)c1ccc2c(n1)N(C(=C)Nc1cc(C3=CN=CC3)ccn1)[C@H]1CCN2C1. The van der Waals surface area contributed by atoms with Gasteiger partial charge in [0.25, 0.3) is 0 Å². The second-order valence-corrected chi connectivity index (χ2v) is 8.88. The molecule has 2 atom stereocenters. The molecule has 1 fully saturated rings. The van der Waals surface area contributed by atoms with Crippen LogP contribution in [0.1, 0.15) is 31.0 Å². The highest BCUT2D eigenvalue weighted by Crippen LogP contribution is 2.41. The first-order valence-electron chi connectivity index (χ1n) is 11.4. The molecule has 0 aliphatic carbocycles. The summed E-state index contributed by atoms with van der Waals surface area (Å²) in [5.74, 6) is 1.88. The number of fused-ring (bicyclic) bond motifs is 4. The van der Waals surface area contributed by atoms with Crippen molar-refractivity contribution in [1.82, 2.24) is 15.3 Å². The Balaban J connectivity index is 1.41. The monoisotopic (exact) mass is 481 g/mol. The Morgan fingerprint density at radius 3 is 2.80 bits per heavy atom. The summed E-state index contributed by atoms with van der Waals surface area (Å²) >= 11 is 0. The van der Waals surface area contributed by atoms with Gasteiger partial charge in [0.15, 0.2) is 5.82 Å². The number of aliphatic imine (C=N–C) groups is 1. The smallest absolute Gasteiger partial charge is 0.373 e. The highest BCUT2D eigenvalue weighted by Gasteiger charge is 2.39. The molecule has 2 aromatic rings. The van der Waals surface area contributed by atoms with Crippen molar-refractivity contribution in [1.29, 1.82) is 0 Å². The lowest BCUT2D eigenvalue weighted by atomic mass is 10.1. The lowest BCUT2D eigenvalue weighted by Crippen LogP contribution is -2.44. The van der Waals surface area contributed by atoms with E-state index in [9.17, 15) is 13.2 Å². The van der Waals surface area contributed by atoms with Crippen LogP contribution in [0.3, 0.4) is 0 Å². The van der Waals surface area contributed by atoms with E-state index in [4.69, 9.17) is 4.98 Å². The molecule has 7 nitrogen and oxygen atoms in total. The quantitative estimate of drug-likeness (QED) is 0.593. The fourth-order valence-electron chi connectivity index (χ4n) is 4.59. The molecule has 5 heterocycles. The Morgan fingerprint density at radius 2 is 2.06 bits per heavy atom. The number of hydrogen-bond acceptors (Lipinski definition) is 7. The normalized spacial score (nSPS) is 19.3. The Hall–Kier alpha value is -3.82. The molecule has 0 aromatic carbocycles. The van der Waals surface area contributed by atoms with Crippen LogP contribution in [0.5, 0.6) is 0 Å². The van der Waals surface area contributed by atoms with Crippen LogP contribution in [0.2, 0.25) is 0 Å². The zero-order chi connectivity index (χ0) is 24.7. The minimum Gasteiger partial charge on any atom is -0.373 e. The van der Waals surface area contributed by atoms with E-state index in [1.807, 2.05) is 35.5 Å². The number of nitrogens with zero attached hydrogens (tertiary/aromatic N) is 5. The summed E-state index contributed by atoms with van der Waals surface area (Å²) in [6, 6.07) is 5.87. The molecule has 35 heavy (non-hydrogen) atoms. The molecule has 0 amide bonds. The number of aromatic nitrogens is 2. The van der Waals surface area contributed by atoms with E-state index < -0.39 is 12.2 Å². The molecule has 0 radical (unpaired) electrons. The highest BCUT2D eigenvalue weighted by atomic mass is 19.4. The van der Waals surface area contributed by atoms with E-state index in [1.54, 1.807) is 12.3 Å². The lowest BCUT2D eigenvalue weighted by molar-refractivity contribution is -0.148. The zero-order valence-corrected chi connectivity index (χ0v) is 19.3. The van der Waals surface area contributed by atoms with Crippen LogP contribution in [-0.2, 0) is 0 Å². The Morgan fingerprint density at radius 1 is 1.23 bits per heavy atom. The molecule has 1 saturated heterocycles. The number of nitrogens with one attached hydrogen (secondary N) is 2. The van der Waals surface area contributed by atoms with Gasteiger partial charge < -0.3 is 20.4 Å². The van der Waals surface area contributed by atoms with Gasteiger partial charge in [-0.25, -0.2) is 9.97 Å². The van der Waals surface area contributed by atoms with Crippen LogP contribution in [0.4, 0.5) is 30.5 Å². The summed E-state index contributed by atoms with van der Waals surface area (Å²) in [4.78, 5) is 17.6. The first-order valence-corrected chi connectivity index (χ1v) is 11.4. The summed E-state index contributed by atoms with van der Waals surface area (Å²) in [6.07, 6.45) is 2.75. The van der Waals surface area contributed by atoms with Crippen LogP contribution < -0.4 is 20.4 Å². The molecule has 2 N–H and O–H groups in total. The zero-order valence-electron chi connectivity index (χ0n) is 19.3. The van der Waals surface area contributed by atoms with Crippen molar-refractivity contribution < 1.29 is 13.2 Å². The summed E-state index contributed by atoms with van der Waals surface area (Å²) in [5, 5.41) is 5.73. The minimum absolute atomic E-state index is 0.116. The standard InChI is InChI=1S/C25H26F3N7/c1-15(31-16(2)25(26,27)28)21-4-5-22-24(33-21)35(20-8-11-34(22)14-20)17(3)32-23-12-18(7-10-30-23)19-6-9-29-13-19/h4-5,7,9-10,12-13,16,20,31H,1,3,6,8,11,14H2,2H3,(H,30,32)/t16?,20-/m0/s1. The first-order chi connectivity index (χ1) is 16.7. The van der Waals surface area contributed by atoms with Gasteiger partial charge in [-0.05, 0) is 48.7 Å².